The second-order valence-corrected chi connectivity index (χ2v) is 7.79. The quantitative estimate of drug-likeness (QED) is 0.547. The third-order valence-corrected chi connectivity index (χ3v) is 5.26. The van der Waals surface area contributed by atoms with Crippen molar-refractivity contribution in [1.82, 2.24) is 4.72 Å². The van der Waals surface area contributed by atoms with Crippen LogP contribution in [0.25, 0.3) is 0 Å². The van der Waals surface area contributed by atoms with E-state index in [4.69, 9.17) is 21.1 Å². The highest BCUT2D eigenvalue weighted by Crippen LogP contribution is 2.16. The van der Waals surface area contributed by atoms with Gasteiger partial charge in [-0.2, -0.15) is 4.72 Å². The number of benzene rings is 2. The van der Waals surface area contributed by atoms with Crippen molar-refractivity contribution in [3.8, 4) is 5.75 Å². The van der Waals surface area contributed by atoms with E-state index in [2.05, 4.69) is 4.72 Å². The van der Waals surface area contributed by atoms with Crippen molar-refractivity contribution in [3.05, 3.63) is 58.6 Å². The zero-order valence-corrected chi connectivity index (χ0v) is 16.1. The SMILES string of the molecule is Cc1ccc(C)c(S(=O)(=O)NCC(=O)OCCOc2ccc(Cl)cc2)c1. The Bertz CT molecular complexity index is 866. The number of hydrogen-bond acceptors (Lipinski definition) is 5. The summed E-state index contributed by atoms with van der Waals surface area (Å²) in [5.74, 6) is -0.0836. The molecule has 2 aromatic carbocycles. The first-order valence-corrected chi connectivity index (χ1v) is 9.75. The first-order valence-electron chi connectivity index (χ1n) is 7.89. The molecule has 140 valence electrons. The second kappa shape index (κ2) is 9.02. The van der Waals surface area contributed by atoms with Crippen LogP contribution in [-0.4, -0.2) is 34.1 Å². The molecule has 2 aromatic rings. The molecule has 0 atom stereocenters. The molecule has 0 spiro atoms. The fraction of sp³-hybridized carbons (Fsp3) is 0.278. The molecule has 0 aliphatic carbocycles. The molecule has 0 fully saturated rings. The Morgan fingerprint density at radius 1 is 1.08 bits per heavy atom. The number of halogens is 1. The maximum absolute atomic E-state index is 12.3. The molecule has 8 heteroatoms. The van der Waals surface area contributed by atoms with Gasteiger partial charge < -0.3 is 9.47 Å². The standard InChI is InChI=1S/C18H20ClNO5S/c1-13-3-4-14(2)17(11-13)26(22,23)20-12-18(21)25-10-9-24-16-7-5-15(19)6-8-16/h3-8,11,20H,9-10,12H2,1-2H3. The number of nitrogens with one attached hydrogen (secondary N) is 1. The molecule has 0 amide bonds. The van der Waals surface area contributed by atoms with E-state index in [1.165, 1.54) is 0 Å². The van der Waals surface area contributed by atoms with Gasteiger partial charge in [0.1, 0.15) is 25.5 Å². The second-order valence-electron chi connectivity index (χ2n) is 5.62. The zero-order valence-electron chi connectivity index (χ0n) is 14.5. The first kappa shape index (κ1) is 20.2. The molecule has 2 rings (SSSR count). The maximum Gasteiger partial charge on any atom is 0.321 e. The van der Waals surface area contributed by atoms with Gasteiger partial charge in [0.15, 0.2) is 0 Å². The van der Waals surface area contributed by atoms with E-state index < -0.39 is 22.5 Å². The van der Waals surface area contributed by atoms with E-state index in [0.717, 1.165) is 5.56 Å². The van der Waals surface area contributed by atoms with Gasteiger partial charge in [-0.25, -0.2) is 8.42 Å². The molecular formula is C18H20ClNO5S. The van der Waals surface area contributed by atoms with Crippen LogP contribution in [0.5, 0.6) is 5.75 Å². The number of carbonyl (C=O) groups excluding carboxylic acids is 1. The predicted molar refractivity (Wildman–Crippen MR) is 99.0 cm³/mol. The first-order chi connectivity index (χ1) is 12.3. The zero-order chi connectivity index (χ0) is 19.2. The number of hydrogen-bond donors (Lipinski definition) is 1. The molecule has 26 heavy (non-hydrogen) atoms. The molecule has 1 N–H and O–H groups in total. The Kier molecular flexibility index (Phi) is 7.02. The van der Waals surface area contributed by atoms with Crippen LogP contribution in [0, 0.1) is 13.8 Å². The predicted octanol–water partition coefficient (Wildman–Crippen LogP) is 2.86. The van der Waals surface area contributed by atoms with Crippen molar-refractivity contribution in [2.24, 2.45) is 0 Å². The Morgan fingerprint density at radius 2 is 1.77 bits per heavy atom. The lowest BCUT2D eigenvalue weighted by molar-refractivity contribution is -0.142. The van der Waals surface area contributed by atoms with Gasteiger partial charge in [-0.05, 0) is 55.3 Å². The summed E-state index contributed by atoms with van der Waals surface area (Å²) >= 11 is 5.77. The molecule has 0 aliphatic heterocycles. The minimum atomic E-state index is -3.78. The average Bonchev–Trinajstić information content (AvgIpc) is 2.60. The highest BCUT2D eigenvalue weighted by molar-refractivity contribution is 7.89. The normalized spacial score (nSPS) is 11.2. The summed E-state index contributed by atoms with van der Waals surface area (Å²) in [5, 5.41) is 0.597. The van der Waals surface area contributed by atoms with Crippen LogP contribution in [0.1, 0.15) is 11.1 Å². The number of ether oxygens (including phenoxy) is 2. The summed E-state index contributed by atoms with van der Waals surface area (Å²) in [6, 6.07) is 11.9. The van der Waals surface area contributed by atoms with E-state index in [-0.39, 0.29) is 18.1 Å². The van der Waals surface area contributed by atoms with Crippen LogP contribution in [-0.2, 0) is 19.6 Å². The highest BCUT2D eigenvalue weighted by Gasteiger charge is 2.18. The van der Waals surface area contributed by atoms with Crippen LogP contribution in [0.15, 0.2) is 47.4 Å². The van der Waals surface area contributed by atoms with Gasteiger partial charge in [0.05, 0.1) is 4.90 Å². The smallest absolute Gasteiger partial charge is 0.321 e. The molecule has 0 aromatic heterocycles. The lowest BCUT2D eigenvalue weighted by Gasteiger charge is -2.10. The van der Waals surface area contributed by atoms with Gasteiger partial charge in [0.2, 0.25) is 10.0 Å². The summed E-state index contributed by atoms with van der Waals surface area (Å²) in [4.78, 5) is 11.9. The van der Waals surface area contributed by atoms with Gasteiger partial charge in [-0.15, -0.1) is 0 Å². The lowest BCUT2D eigenvalue weighted by Crippen LogP contribution is -2.31. The molecule has 0 bridgehead atoms. The van der Waals surface area contributed by atoms with Crippen LogP contribution in [0.2, 0.25) is 5.02 Å². The average molecular weight is 398 g/mol. The van der Waals surface area contributed by atoms with E-state index in [1.54, 1.807) is 50.2 Å². The van der Waals surface area contributed by atoms with Crippen molar-refractivity contribution in [1.29, 1.82) is 0 Å². The molecule has 0 aliphatic rings. The Morgan fingerprint density at radius 3 is 2.46 bits per heavy atom. The maximum atomic E-state index is 12.3. The van der Waals surface area contributed by atoms with Crippen molar-refractivity contribution >= 4 is 27.6 Å². The summed E-state index contributed by atoms with van der Waals surface area (Å²) < 4.78 is 37.2. The molecule has 0 saturated heterocycles. The fourth-order valence-corrected chi connectivity index (χ4v) is 3.55. The Hall–Kier alpha value is -2.09. The van der Waals surface area contributed by atoms with Crippen molar-refractivity contribution in [3.63, 3.8) is 0 Å². The van der Waals surface area contributed by atoms with E-state index in [9.17, 15) is 13.2 Å². The minimum absolute atomic E-state index is 0.00661. The summed E-state index contributed by atoms with van der Waals surface area (Å²) in [5.41, 5.74) is 1.42. The monoisotopic (exact) mass is 397 g/mol. The number of carbonyl (C=O) groups is 1. The van der Waals surface area contributed by atoms with Crippen LogP contribution >= 0.6 is 11.6 Å². The van der Waals surface area contributed by atoms with Gasteiger partial charge in [0, 0.05) is 5.02 Å². The van der Waals surface area contributed by atoms with Gasteiger partial charge >= 0.3 is 5.97 Å². The van der Waals surface area contributed by atoms with Crippen LogP contribution < -0.4 is 9.46 Å². The van der Waals surface area contributed by atoms with Gasteiger partial charge in [-0.1, -0.05) is 23.7 Å². The number of esters is 1. The fourth-order valence-electron chi connectivity index (χ4n) is 2.13. The minimum Gasteiger partial charge on any atom is -0.490 e. The molecule has 0 unspecified atom stereocenters. The molecule has 6 nitrogen and oxygen atoms in total. The Balaban J connectivity index is 1.77. The highest BCUT2D eigenvalue weighted by atomic mass is 35.5. The van der Waals surface area contributed by atoms with Crippen LogP contribution in [0.4, 0.5) is 0 Å². The van der Waals surface area contributed by atoms with Gasteiger partial charge in [0.25, 0.3) is 0 Å². The third-order valence-electron chi connectivity index (χ3n) is 3.47. The summed E-state index contributed by atoms with van der Waals surface area (Å²) in [6.07, 6.45) is 0. The van der Waals surface area contributed by atoms with Crippen molar-refractivity contribution in [2.75, 3.05) is 19.8 Å². The van der Waals surface area contributed by atoms with Crippen LogP contribution in [0.3, 0.4) is 0 Å². The van der Waals surface area contributed by atoms with E-state index in [1.807, 2.05) is 6.07 Å². The summed E-state index contributed by atoms with van der Waals surface area (Å²) in [7, 11) is -3.78. The largest absolute Gasteiger partial charge is 0.490 e. The van der Waals surface area contributed by atoms with Crippen molar-refractivity contribution < 1.29 is 22.7 Å². The molecular weight excluding hydrogens is 378 g/mol. The lowest BCUT2D eigenvalue weighted by atomic mass is 10.2. The van der Waals surface area contributed by atoms with Gasteiger partial charge in [-0.3, -0.25) is 4.79 Å². The number of rotatable bonds is 8. The molecule has 0 saturated carbocycles. The topological polar surface area (TPSA) is 81.7 Å². The van der Waals surface area contributed by atoms with E-state index in [0.29, 0.717) is 16.3 Å². The Labute approximate surface area is 158 Å². The summed E-state index contributed by atoms with van der Waals surface area (Å²) in [6.45, 7) is 3.20. The van der Waals surface area contributed by atoms with Crippen molar-refractivity contribution in [2.45, 2.75) is 18.7 Å². The third kappa shape index (κ3) is 6.01. The van der Waals surface area contributed by atoms with E-state index >= 15 is 0 Å². The number of aryl methyl sites for hydroxylation is 2. The molecule has 0 radical (unpaired) electrons. The number of sulfonamides is 1. The molecule has 0 heterocycles.